The molecule has 2 aromatic heterocycles. The Kier molecular flexibility index (Phi) is 2.94. The molecule has 3 rings (SSSR count). The normalized spacial score (nSPS) is 10.8. The van der Waals surface area contributed by atoms with Crippen LogP contribution < -0.4 is 10.6 Å². The average molecular weight is 270 g/mol. The van der Waals surface area contributed by atoms with E-state index in [4.69, 9.17) is 0 Å². The summed E-state index contributed by atoms with van der Waals surface area (Å²) >= 11 is 0. The van der Waals surface area contributed by atoms with E-state index in [9.17, 15) is 0 Å². The van der Waals surface area contributed by atoms with Crippen LogP contribution in [0.4, 0.5) is 17.3 Å². The van der Waals surface area contributed by atoms with Crippen LogP contribution in [0, 0.1) is 13.8 Å². The molecule has 2 heterocycles. The van der Waals surface area contributed by atoms with Gasteiger partial charge in [-0.25, -0.2) is 14.6 Å². The SMILES string of the molecule is CNc1nc2nonc2nc1Nc1cc(C)ccc1C. The Balaban J connectivity index is 2.06. The van der Waals surface area contributed by atoms with E-state index in [0.717, 1.165) is 11.3 Å². The molecule has 0 amide bonds. The van der Waals surface area contributed by atoms with Gasteiger partial charge in [0.1, 0.15) is 0 Å². The van der Waals surface area contributed by atoms with Crippen molar-refractivity contribution in [2.24, 2.45) is 0 Å². The zero-order valence-electron chi connectivity index (χ0n) is 11.4. The van der Waals surface area contributed by atoms with E-state index in [2.05, 4.69) is 53.7 Å². The number of hydrogen-bond acceptors (Lipinski definition) is 7. The maximum atomic E-state index is 4.63. The average Bonchev–Trinajstić information content (AvgIpc) is 2.89. The largest absolute Gasteiger partial charge is 0.370 e. The van der Waals surface area contributed by atoms with Gasteiger partial charge in [-0.15, -0.1) is 0 Å². The molecule has 7 nitrogen and oxygen atoms in total. The maximum Gasteiger partial charge on any atom is 0.245 e. The lowest BCUT2D eigenvalue weighted by Crippen LogP contribution is -2.04. The van der Waals surface area contributed by atoms with Crippen LogP contribution in [0.25, 0.3) is 11.3 Å². The second-order valence-corrected chi connectivity index (χ2v) is 4.53. The highest BCUT2D eigenvalue weighted by molar-refractivity contribution is 5.77. The van der Waals surface area contributed by atoms with Crippen LogP contribution in [0.5, 0.6) is 0 Å². The highest BCUT2D eigenvalue weighted by Gasteiger charge is 2.12. The summed E-state index contributed by atoms with van der Waals surface area (Å²) in [4.78, 5) is 8.67. The molecular weight excluding hydrogens is 256 g/mol. The molecule has 1 aromatic carbocycles. The summed E-state index contributed by atoms with van der Waals surface area (Å²) in [5, 5.41) is 13.6. The van der Waals surface area contributed by atoms with Crippen molar-refractivity contribution in [3.8, 4) is 0 Å². The van der Waals surface area contributed by atoms with Crippen LogP contribution in [-0.4, -0.2) is 27.3 Å². The zero-order valence-corrected chi connectivity index (χ0v) is 11.4. The fourth-order valence-corrected chi connectivity index (χ4v) is 1.90. The minimum Gasteiger partial charge on any atom is -0.370 e. The summed E-state index contributed by atoms with van der Waals surface area (Å²) in [5.74, 6) is 1.18. The molecule has 0 bridgehead atoms. The fourth-order valence-electron chi connectivity index (χ4n) is 1.90. The number of hydrogen-bond donors (Lipinski definition) is 2. The van der Waals surface area contributed by atoms with Crippen molar-refractivity contribution in [3.63, 3.8) is 0 Å². The first-order valence-corrected chi connectivity index (χ1v) is 6.19. The smallest absolute Gasteiger partial charge is 0.245 e. The minimum absolute atomic E-state index is 0.372. The van der Waals surface area contributed by atoms with Gasteiger partial charge in [0, 0.05) is 12.7 Å². The predicted molar refractivity (Wildman–Crippen MR) is 76.1 cm³/mol. The van der Waals surface area contributed by atoms with Crippen molar-refractivity contribution in [1.29, 1.82) is 0 Å². The van der Waals surface area contributed by atoms with E-state index < -0.39 is 0 Å². The van der Waals surface area contributed by atoms with Crippen LogP contribution in [0.1, 0.15) is 11.1 Å². The molecule has 102 valence electrons. The third-order valence-electron chi connectivity index (χ3n) is 3.00. The zero-order chi connectivity index (χ0) is 14.1. The van der Waals surface area contributed by atoms with Crippen molar-refractivity contribution in [1.82, 2.24) is 20.3 Å². The van der Waals surface area contributed by atoms with Crippen LogP contribution in [0.3, 0.4) is 0 Å². The van der Waals surface area contributed by atoms with Crippen LogP contribution in [0.2, 0.25) is 0 Å². The standard InChI is InChI=1S/C13H14N6O/c1-7-4-5-8(2)9(6-7)15-11-10(14-3)16-12-13(17-11)19-20-18-12/h4-6H,1-3H3,(H,14,16,18)(H,15,17,19). The molecule has 0 aliphatic rings. The van der Waals surface area contributed by atoms with E-state index in [1.165, 1.54) is 5.56 Å². The number of benzene rings is 1. The van der Waals surface area contributed by atoms with Crippen molar-refractivity contribution < 1.29 is 4.63 Å². The molecule has 20 heavy (non-hydrogen) atoms. The van der Waals surface area contributed by atoms with Crippen LogP contribution in [0.15, 0.2) is 22.8 Å². The molecule has 2 N–H and O–H groups in total. The molecule has 0 radical (unpaired) electrons. The third kappa shape index (κ3) is 2.13. The summed E-state index contributed by atoms with van der Waals surface area (Å²) < 4.78 is 4.63. The van der Waals surface area contributed by atoms with Gasteiger partial charge in [0.25, 0.3) is 0 Å². The van der Waals surface area contributed by atoms with Gasteiger partial charge in [0.05, 0.1) is 0 Å². The molecule has 0 unspecified atom stereocenters. The molecule has 0 aliphatic carbocycles. The highest BCUT2D eigenvalue weighted by atomic mass is 16.6. The highest BCUT2D eigenvalue weighted by Crippen LogP contribution is 2.25. The molecule has 7 heteroatoms. The second-order valence-electron chi connectivity index (χ2n) is 4.53. The Morgan fingerprint density at radius 2 is 1.70 bits per heavy atom. The third-order valence-corrected chi connectivity index (χ3v) is 3.00. The van der Waals surface area contributed by atoms with Crippen molar-refractivity contribution in [2.45, 2.75) is 13.8 Å². The van der Waals surface area contributed by atoms with Gasteiger partial charge in [-0.1, -0.05) is 12.1 Å². The van der Waals surface area contributed by atoms with Gasteiger partial charge in [0.15, 0.2) is 11.6 Å². The first kappa shape index (κ1) is 12.3. The van der Waals surface area contributed by atoms with E-state index in [1.54, 1.807) is 7.05 Å². The molecular formula is C13H14N6O. The van der Waals surface area contributed by atoms with Gasteiger partial charge in [-0.3, -0.25) is 0 Å². The number of rotatable bonds is 3. The number of anilines is 3. The van der Waals surface area contributed by atoms with Gasteiger partial charge >= 0.3 is 0 Å². The molecule has 0 spiro atoms. The summed E-state index contributed by atoms with van der Waals surface area (Å²) in [5.41, 5.74) is 4.02. The Hall–Kier alpha value is -2.70. The van der Waals surface area contributed by atoms with Crippen molar-refractivity contribution in [3.05, 3.63) is 29.3 Å². The summed E-state index contributed by atoms with van der Waals surface area (Å²) in [6, 6.07) is 6.18. The lowest BCUT2D eigenvalue weighted by atomic mass is 10.1. The number of nitrogens with zero attached hydrogens (tertiary/aromatic N) is 4. The Labute approximate surface area is 115 Å². The van der Waals surface area contributed by atoms with Crippen molar-refractivity contribution in [2.75, 3.05) is 17.7 Å². The van der Waals surface area contributed by atoms with Crippen LogP contribution >= 0.6 is 0 Å². The number of aryl methyl sites for hydroxylation is 2. The quantitative estimate of drug-likeness (QED) is 0.755. The Morgan fingerprint density at radius 1 is 1.00 bits per heavy atom. The predicted octanol–water partition coefficient (Wildman–Crippen LogP) is 2.41. The van der Waals surface area contributed by atoms with Crippen molar-refractivity contribution >= 4 is 28.6 Å². The Morgan fingerprint density at radius 3 is 2.40 bits per heavy atom. The van der Waals surface area contributed by atoms with E-state index in [-0.39, 0.29) is 0 Å². The van der Waals surface area contributed by atoms with Gasteiger partial charge in [0.2, 0.25) is 11.3 Å². The molecule has 0 aliphatic heterocycles. The molecule has 0 fully saturated rings. The molecule has 0 saturated carbocycles. The lowest BCUT2D eigenvalue weighted by Gasteiger charge is -2.12. The fraction of sp³-hybridized carbons (Fsp3) is 0.231. The van der Waals surface area contributed by atoms with E-state index >= 15 is 0 Å². The van der Waals surface area contributed by atoms with Gasteiger partial charge in [-0.2, -0.15) is 0 Å². The number of nitrogens with one attached hydrogen (secondary N) is 2. The minimum atomic E-state index is 0.372. The van der Waals surface area contributed by atoms with Crippen LogP contribution in [-0.2, 0) is 0 Å². The van der Waals surface area contributed by atoms with E-state index in [0.29, 0.717) is 22.9 Å². The Bertz CT molecular complexity index is 767. The number of aromatic nitrogens is 4. The monoisotopic (exact) mass is 270 g/mol. The summed E-state index contributed by atoms with van der Waals surface area (Å²) in [7, 11) is 1.78. The summed E-state index contributed by atoms with van der Waals surface area (Å²) in [6.45, 7) is 4.07. The summed E-state index contributed by atoms with van der Waals surface area (Å²) in [6.07, 6.45) is 0. The lowest BCUT2D eigenvalue weighted by molar-refractivity contribution is 0.314. The van der Waals surface area contributed by atoms with Gasteiger partial charge < -0.3 is 10.6 Å². The second kappa shape index (κ2) is 4.76. The molecule has 3 aromatic rings. The number of fused-ring (bicyclic) bond motifs is 1. The van der Waals surface area contributed by atoms with Gasteiger partial charge in [-0.05, 0) is 41.4 Å². The first-order chi connectivity index (χ1) is 9.67. The first-order valence-electron chi connectivity index (χ1n) is 6.19. The molecule has 0 saturated heterocycles. The topological polar surface area (TPSA) is 88.8 Å². The maximum absolute atomic E-state index is 4.63. The van der Waals surface area contributed by atoms with E-state index in [1.807, 2.05) is 13.8 Å². The molecule has 0 atom stereocenters.